The monoisotopic (exact) mass is 630 g/mol. The van der Waals surface area contributed by atoms with Crippen molar-refractivity contribution in [1.29, 1.82) is 0 Å². The summed E-state index contributed by atoms with van der Waals surface area (Å²) in [7, 11) is 0. The lowest BCUT2D eigenvalue weighted by molar-refractivity contribution is -0.143. The molecule has 4 rings (SSSR count). The van der Waals surface area contributed by atoms with Crippen molar-refractivity contribution in [2.24, 2.45) is 0 Å². The number of carbonyl (C=O) groups excluding carboxylic acids is 2. The standard InChI is InChI=1S/C31H33BrCl2N2O3/c1-20-15-24(16-21(2)30(20)32)39-19-29(37)36(18-25-26(33)13-8-14-27(25)34)28(17-22-9-4-3-5-10-22)31(38)35-23-11-6-7-12-23/h3-5,8-10,13-16,23,28H,6-7,11-12,17-19H2,1-2H3,(H,35,38)/t28-/m1/s1. The molecule has 1 atom stereocenters. The van der Waals surface area contributed by atoms with E-state index in [1.54, 1.807) is 23.1 Å². The smallest absolute Gasteiger partial charge is 0.261 e. The van der Waals surface area contributed by atoms with E-state index in [1.165, 1.54) is 0 Å². The van der Waals surface area contributed by atoms with Gasteiger partial charge in [0.05, 0.1) is 0 Å². The Hall–Kier alpha value is -2.54. The molecular weight excluding hydrogens is 599 g/mol. The van der Waals surface area contributed by atoms with E-state index in [-0.39, 0.29) is 31.0 Å². The normalized spacial score (nSPS) is 14.2. The second kappa shape index (κ2) is 13.7. The first-order valence-corrected chi connectivity index (χ1v) is 14.7. The van der Waals surface area contributed by atoms with Crippen molar-refractivity contribution < 1.29 is 14.3 Å². The van der Waals surface area contributed by atoms with Crippen LogP contribution in [-0.4, -0.2) is 35.4 Å². The lowest BCUT2D eigenvalue weighted by Gasteiger charge is -2.32. The number of benzene rings is 3. The summed E-state index contributed by atoms with van der Waals surface area (Å²) >= 11 is 16.6. The van der Waals surface area contributed by atoms with Gasteiger partial charge in [0.1, 0.15) is 11.8 Å². The molecule has 3 aromatic carbocycles. The highest BCUT2D eigenvalue weighted by Crippen LogP contribution is 2.29. The molecule has 8 heteroatoms. The Labute approximate surface area is 249 Å². The molecule has 1 fully saturated rings. The van der Waals surface area contributed by atoms with E-state index in [4.69, 9.17) is 27.9 Å². The van der Waals surface area contributed by atoms with E-state index in [0.29, 0.717) is 27.8 Å². The quantitative estimate of drug-likeness (QED) is 0.253. The van der Waals surface area contributed by atoms with Gasteiger partial charge in [-0.25, -0.2) is 0 Å². The van der Waals surface area contributed by atoms with Crippen molar-refractivity contribution in [2.45, 2.75) is 64.6 Å². The number of nitrogens with one attached hydrogen (secondary N) is 1. The second-order valence-electron chi connectivity index (χ2n) is 10.1. The number of amides is 2. The van der Waals surface area contributed by atoms with Crippen molar-refractivity contribution in [3.05, 3.63) is 97.4 Å². The van der Waals surface area contributed by atoms with Gasteiger partial charge in [-0.2, -0.15) is 0 Å². The van der Waals surface area contributed by atoms with Gasteiger partial charge >= 0.3 is 0 Å². The lowest BCUT2D eigenvalue weighted by Crippen LogP contribution is -2.53. The van der Waals surface area contributed by atoms with Gasteiger partial charge in [0.25, 0.3) is 5.91 Å². The highest BCUT2D eigenvalue weighted by atomic mass is 79.9. The lowest BCUT2D eigenvalue weighted by atomic mass is 10.0. The van der Waals surface area contributed by atoms with E-state index < -0.39 is 6.04 Å². The minimum atomic E-state index is -0.773. The fraction of sp³-hybridized carbons (Fsp3) is 0.355. The third kappa shape index (κ3) is 7.77. The molecule has 5 nitrogen and oxygen atoms in total. The molecule has 2 amide bonds. The molecule has 0 heterocycles. The minimum Gasteiger partial charge on any atom is -0.484 e. The Morgan fingerprint density at radius 1 is 1.00 bits per heavy atom. The third-order valence-corrected chi connectivity index (χ3v) is 9.09. The van der Waals surface area contributed by atoms with Crippen LogP contribution in [0.25, 0.3) is 0 Å². The van der Waals surface area contributed by atoms with Crippen LogP contribution in [0.3, 0.4) is 0 Å². The predicted octanol–water partition coefficient (Wildman–Crippen LogP) is 7.45. The van der Waals surface area contributed by atoms with Crippen LogP contribution in [0.2, 0.25) is 10.0 Å². The first-order valence-electron chi connectivity index (χ1n) is 13.2. The van der Waals surface area contributed by atoms with Gasteiger partial charge in [0, 0.05) is 39.1 Å². The molecule has 0 aliphatic heterocycles. The van der Waals surface area contributed by atoms with Crippen molar-refractivity contribution in [2.75, 3.05) is 6.61 Å². The van der Waals surface area contributed by atoms with Gasteiger partial charge in [0.15, 0.2) is 6.61 Å². The first-order chi connectivity index (χ1) is 18.7. The van der Waals surface area contributed by atoms with Gasteiger partial charge in [0.2, 0.25) is 5.91 Å². The van der Waals surface area contributed by atoms with Gasteiger partial charge in [-0.15, -0.1) is 0 Å². The summed E-state index contributed by atoms with van der Waals surface area (Å²) in [5.74, 6) is 0.0802. The highest BCUT2D eigenvalue weighted by Gasteiger charge is 2.33. The third-order valence-electron chi connectivity index (χ3n) is 7.14. The molecule has 1 aliphatic carbocycles. The largest absolute Gasteiger partial charge is 0.484 e. The molecular formula is C31H33BrCl2N2O3. The van der Waals surface area contributed by atoms with Crippen LogP contribution in [0, 0.1) is 13.8 Å². The Balaban J connectivity index is 1.66. The zero-order valence-corrected chi connectivity index (χ0v) is 25.3. The van der Waals surface area contributed by atoms with E-state index in [0.717, 1.165) is 46.8 Å². The molecule has 0 radical (unpaired) electrons. The molecule has 206 valence electrons. The minimum absolute atomic E-state index is 0.0781. The van der Waals surface area contributed by atoms with E-state index in [1.807, 2.05) is 56.3 Å². The molecule has 1 N–H and O–H groups in total. The van der Waals surface area contributed by atoms with Crippen LogP contribution in [0.4, 0.5) is 0 Å². The van der Waals surface area contributed by atoms with Gasteiger partial charge < -0.3 is 15.0 Å². The van der Waals surface area contributed by atoms with Crippen LogP contribution in [0.15, 0.2) is 65.1 Å². The zero-order valence-electron chi connectivity index (χ0n) is 22.2. The molecule has 0 aromatic heterocycles. The maximum atomic E-state index is 13.9. The Bertz CT molecular complexity index is 1270. The molecule has 1 aliphatic rings. The number of ether oxygens (including phenoxy) is 1. The number of nitrogens with zero attached hydrogens (tertiary/aromatic N) is 1. The average Bonchev–Trinajstić information content (AvgIpc) is 3.43. The van der Waals surface area contributed by atoms with Gasteiger partial charge in [-0.3, -0.25) is 9.59 Å². The number of carbonyl (C=O) groups is 2. The number of aryl methyl sites for hydroxylation is 2. The summed E-state index contributed by atoms with van der Waals surface area (Å²) in [4.78, 5) is 29.2. The summed E-state index contributed by atoms with van der Waals surface area (Å²) in [5.41, 5.74) is 3.56. The van der Waals surface area contributed by atoms with Crippen molar-refractivity contribution >= 4 is 50.9 Å². The molecule has 39 heavy (non-hydrogen) atoms. The van der Waals surface area contributed by atoms with Crippen molar-refractivity contribution in [1.82, 2.24) is 10.2 Å². The van der Waals surface area contributed by atoms with Crippen LogP contribution in [0.5, 0.6) is 5.75 Å². The first kappa shape index (κ1) is 29.4. The maximum Gasteiger partial charge on any atom is 0.261 e. The molecule has 0 saturated heterocycles. The summed E-state index contributed by atoms with van der Waals surface area (Å²) < 4.78 is 6.97. The Morgan fingerprint density at radius 3 is 2.23 bits per heavy atom. The summed E-state index contributed by atoms with van der Waals surface area (Å²) in [6, 6.07) is 18.1. The average molecular weight is 632 g/mol. The van der Waals surface area contributed by atoms with Gasteiger partial charge in [-0.1, -0.05) is 88.4 Å². The zero-order chi connectivity index (χ0) is 27.9. The van der Waals surface area contributed by atoms with Crippen LogP contribution < -0.4 is 10.1 Å². The Kier molecular flexibility index (Phi) is 10.3. The Morgan fingerprint density at radius 2 is 1.62 bits per heavy atom. The van der Waals surface area contributed by atoms with Crippen LogP contribution in [0.1, 0.15) is 47.9 Å². The molecule has 0 bridgehead atoms. The number of hydrogen-bond acceptors (Lipinski definition) is 3. The fourth-order valence-electron chi connectivity index (χ4n) is 4.99. The maximum absolute atomic E-state index is 13.9. The SMILES string of the molecule is Cc1cc(OCC(=O)N(Cc2c(Cl)cccc2Cl)[C@H](Cc2ccccc2)C(=O)NC2CCCC2)cc(C)c1Br. The molecule has 3 aromatic rings. The topological polar surface area (TPSA) is 58.6 Å². The second-order valence-corrected chi connectivity index (χ2v) is 11.7. The summed E-state index contributed by atoms with van der Waals surface area (Å²) in [6.07, 6.45) is 4.42. The van der Waals surface area contributed by atoms with Crippen molar-refractivity contribution in [3.8, 4) is 5.75 Å². The summed E-state index contributed by atoms with van der Waals surface area (Å²) in [5, 5.41) is 4.08. The highest BCUT2D eigenvalue weighted by molar-refractivity contribution is 9.10. The molecule has 1 saturated carbocycles. The molecule has 0 unspecified atom stereocenters. The number of hydrogen-bond donors (Lipinski definition) is 1. The predicted molar refractivity (Wildman–Crippen MR) is 160 cm³/mol. The van der Waals surface area contributed by atoms with Crippen LogP contribution in [-0.2, 0) is 22.6 Å². The van der Waals surface area contributed by atoms with Crippen LogP contribution >= 0.6 is 39.1 Å². The van der Waals surface area contributed by atoms with E-state index in [9.17, 15) is 9.59 Å². The molecule has 0 spiro atoms. The summed E-state index contributed by atoms with van der Waals surface area (Å²) in [6.45, 7) is 3.79. The van der Waals surface area contributed by atoms with E-state index >= 15 is 0 Å². The van der Waals surface area contributed by atoms with E-state index in [2.05, 4.69) is 21.2 Å². The van der Waals surface area contributed by atoms with Crippen molar-refractivity contribution in [3.63, 3.8) is 0 Å². The number of rotatable bonds is 10. The van der Waals surface area contributed by atoms with Gasteiger partial charge in [-0.05, 0) is 67.6 Å². The fourth-order valence-corrected chi connectivity index (χ4v) is 5.74. The number of halogens is 3.